The summed E-state index contributed by atoms with van der Waals surface area (Å²) in [6, 6.07) is 5.53. The first kappa shape index (κ1) is 18.7. The van der Waals surface area contributed by atoms with Gasteiger partial charge < -0.3 is 14.7 Å². The van der Waals surface area contributed by atoms with Crippen molar-refractivity contribution in [1.82, 2.24) is 9.80 Å². The molecular formula is C20H28N2O4. The number of hydrogen-bond donors (Lipinski definition) is 1. The molecule has 1 saturated carbocycles. The van der Waals surface area contributed by atoms with E-state index in [1.165, 1.54) is 4.90 Å². The molecule has 2 fully saturated rings. The van der Waals surface area contributed by atoms with E-state index in [9.17, 15) is 14.7 Å². The first-order valence-electron chi connectivity index (χ1n) is 9.33. The molecule has 1 spiro atoms. The topological polar surface area (TPSA) is 70.1 Å². The van der Waals surface area contributed by atoms with Crippen LogP contribution in [0.5, 0.6) is 5.75 Å². The van der Waals surface area contributed by atoms with Crippen molar-refractivity contribution >= 4 is 11.9 Å². The van der Waals surface area contributed by atoms with E-state index in [0.29, 0.717) is 12.8 Å². The summed E-state index contributed by atoms with van der Waals surface area (Å²) < 4.78 is 5.76. The van der Waals surface area contributed by atoms with Crippen LogP contribution < -0.4 is 4.74 Å². The third kappa shape index (κ3) is 3.18. The summed E-state index contributed by atoms with van der Waals surface area (Å²) in [6.45, 7) is 3.90. The Kier molecular flexibility index (Phi) is 5.23. The lowest BCUT2D eigenvalue weighted by Gasteiger charge is -2.35. The Hall–Kier alpha value is -2.08. The highest BCUT2D eigenvalue weighted by molar-refractivity contribution is 6.07. The van der Waals surface area contributed by atoms with E-state index in [1.54, 1.807) is 11.9 Å². The second-order valence-electron chi connectivity index (χ2n) is 7.54. The Morgan fingerprint density at radius 2 is 1.77 bits per heavy atom. The average Bonchev–Trinajstić information content (AvgIpc) is 2.78. The van der Waals surface area contributed by atoms with Gasteiger partial charge in [-0.05, 0) is 37.8 Å². The van der Waals surface area contributed by atoms with E-state index < -0.39 is 11.6 Å². The highest BCUT2D eigenvalue weighted by atomic mass is 16.5. The number of carbonyl (C=O) groups excluding carboxylic acids is 2. The normalized spacial score (nSPS) is 20.8. The second kappa shape index (κ2) is 7.27. The molecule has 0 aromatic heterocycles. The molecule has 2 aliphatic rings. The summed E-state index contributed by atoms with van der Waals surface area (Å²) in [5.41, 5.74) is 1.28. The van der Waals surface area contributed by atoms with Crippen molar-refractivity contribution < 1.29 is 19.4 Å². The molecule has 0 radical (unpaired) electrons. The zero-order valence-corrected chi connectivity index (χ0v) is 15.8. The maximum absolute atomic E-state index is 12.9. The van der Waals surface area contributed by atoms with E-state index >= 15 is 0 Å². The molecule has 1 aromatic rings. The zero-order valence-electron chi connectivity index (χ0n) is 15.8. The maximum atomic E-state index is 12.9. The Bertz CT molecular complexity index is 677. The third-order valence-corrected chi connectivity index (χ3v) is 5.71. The number of urea groups is 1. The molecule has 1 N–H and O–H groups in total. The van der Waals surface area contributed by atoms with Gasteiger partial charge in [-0.1, -0.05) is 37.5 Å². The quantitative estimate of drug-likeness (QED) is 0.820. The molecule has 1 aliphatic heterocycles. The number of hydrogen-bond acceptors (Lipinski definition) is 4. The number of carbonyl (C=O) groups is 2. The largest absolute Gasteiger partial charge is 0.490 e. The highest BCUT2D eigenvalue weighted by Gasteiger charge is 2.55. The van der Waals surface area contributed by atoms with Crippen LogP contribution in [-0.2, 0) is 4.79 Å². The van der Waals surface area contributed by atoms with Crippen molar-refractivity contribution in [2.75, 3.05) is 20.2 Å². The van der Waals surface area contributed by atoms with Gasteiger partial charge in [0.2, 0.25) is 0 Å². The van der Waals surface area contributed by atoms with E-state index in [4.69, 9.17) is 4.74 Å². The molecule has 1 saturated heterocycles. The van der Waals surface area contributed by atoms with Crippen molar-refractivity contribution in [3.63, 3.8) is 0 Å². The SMILES string of the molecule is Cc1cccc(C)c1OC[C@H](O)CN1C(=O)N(C)C2(CCCCC2)C1=O. The fraction of sp³-hybridized carbons (Fsp3) is 0.600. The minimum absolute atomic E-state index is 0.0331. The van der Waals surface area contributed by atoms with Crippen LogP contribution in [0.25, 0.3) is 0 Å². The van der Waals surface area contributed by atoms with Crippen molar-refractivity contribution in [2.24, 2.45) is 0 Å². The second-order valence-corrected chi connectivity index (χ2v) is 7.54. The molecule has 0 bridgehead atoms. The third-order valence-electron chi connectivity index (χ3n) is 5.71. The monoisotopic (exact) mass is 360 g/mol. The number of nitrogens with zero attached hydrogens (tertiary/aromatic N) is 2. The fourth-order valence-electron chi connectivity index (χ4n) is 4.16. The van der Waals surface area contributed by atoms with Crippen LogP contribution in [0.3, 0.4) is 0 Å². The molecule has 26 heavy (non-hydrogen) atoms. The number of aliphatic hydroxyl groups is 1. The lowest BCUT2D eigenvalue weighted by atomic mass is 9.81. The van der Waals surface area contributed by atoms with Crippen molar-refractivity contribution in [1.29, 1.82) is 0 Å². The van der Waals surface area contributed by atoms with E-state index in [1.807, 2.05) is 32.0 Å². The number of imide groups is 1. The molecule has 6 nitrogen and oxygen atoms in total. The molecule has 142 valence electrons. The summed E-state index contributed by atoms with van der Waals surface area (Å²) >= 11 is 0. The molecular weight excluding hydrogens is 332 g/mol. The summed E-state index contributed by atoms with van der Waals surface area (Å²) in [7, 11) is 1.70. The summed E-state index contributed by atoms with van der Waals surface area (Å²) in [6.07, 6.45) is 3.50. The van der Waals surface area contributed by atoms with Crippen molar-refractivity contribution in [2.45, 2.75) is 57.6 Å². The molecule has 0 unspecified atom stereocenters. The van der Waals surface area contributed by atoms with Crippen LogP contribution in [-0.4, -0.2) is 58.7 Å². The minimum atomic E-state index is -0.922. The fourth-order valence-corrected chi connectivity index (χ4v) is 4.16. The van der Waals surface area contributed by atoms with Gasteiger partial charge in [0.15, 0.2) is 0 Å². The van der Waals surface area contributed by atoms with Gasteiger partial charge in [0.25, 0.3) is 5.91 Å². The Morgan fingerprint density at radius 1 is 1.15 bits per heavy atom. The van der Waals surface area contributed by atoms with Gasteiger partial charge in [-0.15, -0.1) is 0 Å². The minimum Gasteiger partial charge on any atom is -0.490 e. The standard InChI is InChI=1S/C20H28N2O4/c1-14-8-7-9-15(2)17(14)26-13-16(23)12-22-18(24)20(21(3)19(22)25)10-5-4-6-11-20/h7-9,16,23H,4-6,10-13H2,1-3H3/t16-/m1/s1. The zero-order chi connectivity index (χ0) is 18.9. The lowest BCUT2D eigenvalue weighted by Crippen LogP contribution is -2.49. The maximum Gasteiger partial charge on any atom is 0.327 e. The first-order chi connectivity index (χ1) is 12.4. The van der Waals surface area contributed by atoms with Gasteiger partial charge in [0, 0.05) is 7.05 Å². The number of aryl methyl sites for hydroxylation is 2. The van der Waals surface area contributed by atoms with Gasteiger partial charge >= 0.3 is 6.03 Å². The Labute approximate surface area is 154 Å². The van der Waals surface area contributed by atoms with Crippen molar-refractivity contribution in [3.8, 4) is 5.75 Å². The number of rotatable bonds is 5. The van der Waals surface area contributed by atoms with Gasteiger partial charge in [-0.2, -0.15) is 0 Å². The number of ether oxygens (including phenoxy) is 1. The summed E-state index contributed by atoms with van der Waals surface area (Å²) in [5, 5.41) is 10.4. The van der Waals surface area contributed by atoms with Crippen LogP contribution in [0, 0.1) is 13.8 Å². The van der Waals surface area contributed by atoms with Gasteiger partial charge in [0.1, 0.15) is 24.0 Å². The number of benzene rings is 1. The number of β-amino-alcohol motifs (C(OH)–C–C–N with tert-alkyl or cyclic N) is 1. The molecule has 6 heteroatoms. The number of amides is 3. The Morgan fingerprint density at radius 3 is 2.38 bits per heavy atom. The van der Waals surface area contributed by atoms with E-state index in [-0.39, 0.29) is 25.1 Å². The predicted octanol–water partition coefficient (Wildman–Crippen LogP) is 2.64. The number of aliphatic hydroxyl groups excluding tert-OH is 1. The van der Waals surface area contributed by atoms with Crippen LogP contribution in [0.15, 0.2) is 18.2 Å². The van der Waals surface area contributed by atoms with Crippen LogP contribution in [0.1, 0.15) is 43.2 Å². The van der Waals surface area contributed by atoms with Gasteiger partial charge in [-0.25, -0.2) is 4.79 Å². The first-order valence-corrected chi connectivity index (χ1v) is 9.33. The Balaban J connectivity index is 1.65. The van der Waals surface area contributed by atoms with Gasteiger partial charge in [0.05, 0.1) is 6.54 Å². The molecule has 1 aliphatic carbocycles. The highest BCUT2D eigenvalue weighted by Crippen LogP contribution is 2.39. The average molecular weight is 360 g/mol. The predicted molar refractivity (Wildman–Crippen MR) is 98.1 cm³/mol. The van der Waals surface area contributed by atoms with Gasteiger partial charge in [-0.3, -0.25) is 9.69 Å². The van der Waals surface area contributed by atoms with Crippen LogP contribution in [0.4, 0.5) is 4.79 Å². The van der Waals surface area contributed by atoms with Crippen LogP contribution >= 0.6 is 0 Å². The lowest BCUT2D eigenvalue weighted by molar-refractivity contribution is -0.135. The van der Waals surface area contributed by atoms with Crippen LogP contribution in [0.2, 0.25) is 0 Å². The molecule has 1 heterocycles. The molecule has 1 atom stereocenters. The smallest absolute Gasteiger partial charge is 0.327 e. The summed E-state index contributed by atoms with van der Waals surface area (Å²) in [4.78, 5) is 28.3. The number of para-hydroxylation sites is 1. The molecule has 3 amide bonds. The summed E-state index contributed by atoms with van der Waals surface area (Å²) in [5.74, 6) is 0.572. The van der Waals surface area contributed by atoms with Crippen molar-refractivity contribution in [3.05, 3.63) is 29.3 Å². The molecule has 1 aromatic carbocycles. The van der Waals surface area contributed by atoms with E-state index in [0.717, 1.165) is 36.1 Å². The van der Waals surface area contributed by atoms with E-state index in [2.05, 4.69) is 0 Å². The molecule has 3 rings (SSSR count). The number of likely N-dealkylation sites (N-methyl/N-ethyl adjacent to an activating group) is 1.